The number of nitrogens with one attached hydrogen (secondary N) is 2. The van der Waals surface area contributed by atoms with Crippen LogP contribution in [0.4, 0.5) is 10.6 Å². The predicted octanol–water partition coefficient (Wildman–Crippen LogP) is 2.11. The van der Waals surface area contributed by atoms with E-state index in [1.54, 1.807) is 18.5 Å². The van der Waals surface area contributed by atoms with Gasteiger partial charge in [0.1, 0.15) is 11.6 Å². The lowest BCUT2D eigenvalue weighted by molar-refractivity contribution is 0.251. The first kappa shape index (κ1) is 13.5. The van der Waals surface area contributed by atoms with Crippen molar-refractivity contribution in [3.05, 3.63) is 34.5 Å². The fourth-order valence-corrected chi connectivity index (χ4v) is 1.49. The maximum Gasteiger partial charge on any atom is 0.320 e. The van der Waals surface area contributed by atoms with Crippen molar-refractivity contribution in [1.82, 2.24) is 20.4 Å². The number of hydrogen-bond donors (Lipinski definition) is 2. The van der Waals surface area contributed by atoms with Crippen molar-refractivity contribution in [3.63, 3.8) is 0 Å². The Morgan fingerprint density at radius 2 is 2.16 bits per heavy atom. The monoisotopic (exact) mass is 325 g/mol. The van der Waals surface area contributed by atoms with Crippen LogP contribution in [-0.2, 0) is 13.0 Å². The highest BCUT2D eigenvalue weighted by Gasteiger charge is 2.07. The Labute approximate surface area is 117 Å². The van der Waals surface area contributed by atoms with Gasteiger partial charge in [0.05, 0.1) is 11.0 Å². The van der Waals surface area contributed by atoms with Crippen LogP contribution < -0.4 is 10.6 Å². The van der Waals surface area contributed by atoms with Gasteiger partial charge in [-0.2, -0.15) is 0 Å². The van der Waals surface area contributed by atoms with E-state index in [9.17, 15) is 4.79 Å². The van der Waals surface area contributed by atoms with Gasteiger partial charge in [-0.3, -0.25) is 5.32 Å². The molecule has 2 rings (SSSR count). The normalized spacial score (nSPS) is 10.2. The summed E-state index contributed by atoms with van der Waals surface area (Å²) in [6, 6.07) is 1.29. The fourth-order valence-electron chi connectivity index (χ4n) is 1.29. The zero-order valence-corrected chi connectivity index (χ0v) is 11.8. The number of aryl methyl sites for hydroxylation is 1. The van der Waals surface area contributed by atoms with E-state index < -0.39 is 0 Å². The summed E-state index contributed by atoms with van der Waals surface area (Å²) in [5.74, 6) is 1.62. The summed E-state index contributed by atoms with van der Waals surface area (Å²) in [5.41, 5.74) is 0. The average molecular weight is 326 g/mol. The Morgan fingerprint density at radius 3 is 2.79 bits per heavy atom. The number of halogens is 1. The van der Waals surface area contributed by atoms with E-state index in [4.69, 9.17) is 4.52 Å². The number of aromatic nitrogens is 3. The second kappa shape index (κ2) is 6.28. The average Bonchev–Trinajstić information content (AvgIpc) is 2.86. The van der Waals surface area contributed by atoms with Gasteiger partial charge < -0.3 is 9.84 Å². The third-order valence-corrected chi connectivity index (χ3v) is 2.64. The molecule has 8 heteroatoms. The summed E-state index contributed by atoms with van der Waals surface area (Å²) in [6.45, 7) is 2.17. The minimum absolute atomic E-state index is 0.234. The molecule has 0 unspecified atom stereocenters. The first-order chi connectivity index (χ1) is 9.17. The van der Waals surface area contributed by atoms with Gasteiger partial charge in [0.25, 0.3) is 0 Å². The Bertz CT molecular complexity index is 554. The molecule has 0 saturated carbocycles. The van der Waals surface area contributed by atoms with Crippen LogP contribution in [-0.4, -0.2) is 21.2 Å². The van der Waals surface area contributed by atoms with Crippen molar-refractivity contribution in [2.45, 2.75) is 19.9 Å². The topological polar surface area (TPSA) is 92.9 Å². The van der Waals surface area contributed by atoms with Crippen LogP contribution in [0.2, 0.25) is 0 Å². The molecule has 0 fully saturated rings. The molecule has 2 N–H and O–H groups in total. The Kier molecular flexibility index (Phi) is 4.45. The number of amides is 2. The molecule has 19 heavy (non-hydrogen) atoms. The van der Waals surface area contributed by atoms with Crippen LogP contribution >= 0.6 is 15.9 Å². The van der Waals surface area contributed by atoms with E-state index in [0.717, 1.165) is 10.9 Å². The lowest BCUT2D eigenvalue weighted by atomic mass is 10.3. The van der Waals surface area contributed by atoms with Crippen molar-refractivity contribution in [3.8, 4) is 0 Å². The molecular weight excluding hydrogens is 314 g/mol. The molecular formula is C11H12BrN5O2. The van der Waals surface area contributed by atoms with Crippen molar-refractivity contribution in [2.75, 3.05) is 5.32 Å². The molecule has 0 radical (unpaired) electrons. The number of anilines is 1. The number of nitrogens with zero attached hydrogens (tertiary/aromatic N) is 3. The Hall–Kier alpha value is -1.96. The quantitative estimate of drug-likeness (QED) is 0.898. The number of hydrogen-bond acceptors (Lipinski definition) is 5. The third-order valence-electron chi connectivity index (χ3n) is 2.23. The largest absolute Gasteiger partial charge is 0.359 e. The van der Waals surface area contributed by atoms with E-state index in [0.29, 0.717) is 17.4 Å². The Balaban J connectivity index is 1.82. The SMILES string of the molecule is CCc1cc(NC(=O)NCc2ncc(Br)cn2)no1. The minimum Gasteiger partial charge on any atom is -0.359 e. The van der Waals surface area contributed by atoms with Crippen molar-refractivity contribution >= 4 is 27.8 Å². The lowest BCUT2D eigenvalue weighted by Crippen LogP contribution is -2.29. The number of rotatable bonds is 4. The molecule has 0 saturated heterocycles. The highest BCUT2D eigenvalue weighted by molar-refractivity contribution is 9.10. The molecule has 0 atom stereocenters. The summed E-state index contributed by atoms with van der Waals surface area (Å²) in [4.78, 5) is 19.7. The zero-order chi connectivity index (χ0) is 13.7. The molecule has 0 bridgehead atoms. The van der Waals surface area contributed by atoms with Crippen LogP contribution in [0.1, 0.15) is 18.5 Å². The Morgan fingerprint density at radius 1 is 1.42 bits per heavy atom. The second-order valence-corrected chi connectivity index (χ2v) is 4.57. The van der Waals surface area contributed by atoms with Crippen LogP contribution in [0.15, 0.2) is 27.5 Å². The van der Waals surface area contributed by atoms with Gasteiger partial charge >= 0.3 is 6.03 Å². The van der Waals surface area contributed by atoms with Gasteiger partial charge in [-0.15, -0.1) is 0 Å². The van der Waals surface area contributed by atoms with Gasteiger partial charge in [0, 0.05) is 24.9 Å². The van der Waals surface area contributed by atoms with E-state index in [2.05, 4.69) is 41.7 Å². The van der Waals surface area contributed by atoms with Crippen LogP contribution in [0.5, 0.6) is 0 Å². The molecule has 0 spiro atoms. The second-order valence-electron chi connectivity index (χ2n) is 3.66. The molecule has 0 aromatic carbocycles. The first-order valence-electron chi connectivity index (χ1n) is 5.64. The molecule has 2 heterocycles. The molecule has 0 aliphatic carbocycles. The molecule has 2 aromatic heterocycles. The highest BCUT2D eigenvalue weighted by atomic mass is 79.9. The molecule has 0 aliphatic rings. The molecule has 0 aliphatic heterocycles. The van der Waals surface area contributed by atoms with Crippen LogP contribution in [0.25, 0.3) is 0 Å². The summed E-state index contributed by atoms with van der Waals surface area (Å²) >= 11 is 3.24. The van der Waals surface area contributed by atoms with Gasteiger partial charge in [0.2, 0.25) is 0 Å². The van der Waals surface area contributed by atoms with Crippen molar-refractivity contribution in [2.24, 2.45) is 0 Å². The summed E-state index contributed by atoms with van der Waals surface area (Å²) in [6.07, 6.45) is 3.96. The maximum atomic E-state index is 11.6. The van der Waals surface area contributed by atoms with Gasteiger partial charge in [0.15, 0.2) is 5.82 Å². The van der Waals surface area contributed by atoms with Crippen molar-refractivity contribution < 1.29 is 9.32 Å². The summed E-state index contributed by atoms with van der Waals surface area (Å²) < 4.78 is 5.76. The smallest absolute Gasteiger partial charge is 0.320 e. The lowest BCUT2D eigenvalue weighted by Gasteiger charge is -2.03. The predicted molar refractivity (Wildman–Crippen MR) is 71.5 cm³/mol. The van der Waals surface area contributed by atoms with E-state index in [1.165, 1.54) is 0 Å². The highest BCUT2D eigenvalue weighted by Crippen LogP contribution is 2.08. The third kappa shape index (κ3) is 4.02. The molecule has 2 amide bonds. The minimum atomic E-state index is -0.387. The number of carbonyl (C=O) groups excluding carboxylic acids is 1. The van der Waals surface area contributed by atoms with E-state index in [-0.39, 0.29) is 12.6 Å². The first-order valence-corrected chi connectivity index (χ1v) is 6.43. The summed E-state index contributed by atoms with van der Waals surface area (Å²) in [7, 11) is 0. The van der Waals surface area contributed by atoms with Crippen LogP contribution in [0.3, 0.4) is 0 Å². The molecule has 100 valence electrons. The molecule has 7 nitrogen and oxygen atoms in total. The van der Waals surface area contributed by atoms with Gasteiger partial charge in [-0.05, 0) is 15.9 Å². The van der Waals surface area contributed by atoms with Crippen molar-refractivity contribution in [1.29, 1.82) is 0 Å². The summed E-state index contributed by atoms with van der Waals surface area (Å²) in [5, 5.41) is 8.89. The van der Waals surface area contributed by atoms with Crippen LogP contribution in [0, 0.1) is 0 Å². The maximum absolute atomic E-state index is 11.6. The zero-order valence-electron chi connectivity index (χ0n) is 10.2. The van der Waals surface area contributed by atoms with Gasteiger partial charge in [-0.25, -0.2) is 14.8 Å². The standard InChI is InChI=1S/C11H12BrN5O2/c1-2-8-3-9(17-19-8)16-11(18)15-6-10-13-4-7(12)5-14-10/h3-5H,2,6H2,1H3,(H2,15,16,17,18). The fraction of sp³-hybridized carbons (Fsp3) is 0.273. The number of urea groups is 1. The number of carbonyl (C=O) groups is 1. The van der Waals surface area contributed by atoms with E-state index in [1.807, 2.05) is 6.92 Å². The molecule has 2 aromatic rings. The van der Waals surface area contributed by atoms with Gasteiger partial charge in [-0.1, -0.05) is 12.1 Å². The van der Waals surface area contributed by atoms with E-state index >= 15 is 0 Å².